The van der Waals surface area contributed by atoms with Gasteiger partial charge >= 0.3 is 12.3 Å². The fraction of sp³-hybridized carbons (Fsp3) is 0.379. The predicted molar refractivity (Wildman–Crippen MR) is 157 cm³/mol. The lowest BCUT2D eigenvalue weighted by atomic mass is 10.1. The van der Waals surface area contributed by atoms with E-state index in [1.165, 1.54) is 29.2 Å². The summed E-state index contributed by atoms with van der Waals surface area (Å²) < 4.78 is 46.9. The van der Waals surface area contributed by atoms with E-state index in [2.05, 4.69) is 30.8 Å². The van der Waals surface area contributed by atoms with Crippen LogP contribution < -0.4 is 10.6 Å². The molecule has 16 heteroatoms. The topological polar surface area (TPSA) is 150 Å². The Bertz CT molecular complexity index is 1730. The van der Waals surface area contributed by atoms with Crippen LogP contribution in [0.1, 0.15) is 42.4 Å². The van der Waals surface area contributed by atoms with Crippen molar-refractivity contribution >= 4 is 35.1 Å². The number of rotatable bonds is 6. The van der Waals surface area contributed by atoms with Gasteiger partial charge < -0.3 is 25.2 Å². The van der Waals surface area contributed by atoms with E-state index < -0.39 is 23.6 Å². The van der Waals surface area contributed by atoms with E-state index >= 15 is 0 Å². The summed E-state index contributed by atoms with van der Waals surface area (Å²) in [5.74, 6) is -0.142. The number of anilines is 2. The van der Waals surface area contributed by atoms with E-state index in [-0.39, 0.29) is 29.6 Å². The predicted octanol–water partition coefficient (Wildman–Crippen LogP) is 4.00. The second kappa shape index (κ2) is 12.1. The molecule has 45 heavy (non-hydrogen) atoms. The van der Waals surface area contributed by atoms with Gasteiger partial charge in [-0.2, -0.15) is 18.3 Å². The number of benzene rings is 1. The molecule has 0 saturated carbocycles. The van der Waals surface area contributed by atoms with Crippen LogP contribution in [0.3, 0.4) is 0 Å². The number of carbonyl (C=O) groups is 3. The van der Waals surface area contributed by atoms with Crippen LogP contribution in [0.2, 0.25) is 0 Å². The van der Waals surface area contributed by atoms with E-state index in [1.54, 1.807) is 55.7 Å². The van der Waals surface area contributed by atoms with E-state index in [0.717, 1.165) is 0 Å². The minimum absolute atomic E-state index is 0.145. The summed E-state index contributed by atoms with van der Waals surface area (Å²) in [5, 5.41) is 11.2. The van der Waals surface area contributed by atoms with E-state index in [4.69, 9.17) is 4.74 Å². The number of amides is 3. The summed E-state index contributed by atoms with van der Waals surface area (Å²) in [6.45, 7) is 8.10. The van der Waals surface area contributed by atoms with Gasteiger partial charge in [-0.3, -0.25) is 19.1 Å². The Labute approximate surface area is 255 Å². The van der Waals surface area contributed by atoms with Gasteiger partial charge in [-0.05, 0) is 51.5 Å². The molecule has 1 aliphatic rings. The fourth-order valence-electron chi connectivity index (χ4n) is 4.93. The van der Waals surface area contributed by atoms with Gasteiger partial charge in [-0.1, -0.05) is 0 Å². The van der Waals surface area contributed by atoms with E-state index in [1.807, 2.05) is 0 Å². The van der Waals surface area contributed by atoms with Crippen molar-refractivity contribution in [2.24, 2.45) is 0 Å². The molecule has 3 amide bonds. The standard InChI is InChI=1S/C29H32F3N9O4/c1-17-13-18(37-24-25-34-15-21(41(25)8-7-33-24)20-14-36-38-23(20)29(30,31)32)5-6-19(17)26(43)40-11-9-39(10-12-40)22(42)16-35-27(44)45-28(2,3)4/h5-8,13-15H,9-12,16H2,1-4H3,(H,33,37)(H,35,44)(H,36,38). The summed E-state index contributed by atoms with van der Waals surface area (Å²) in [4.78, 5) is 49.6. The number of alkyl halides is 3. The van der Waals surface area contributed by atoms with Crippen molar-refractivity contribution in [3.8, 4) is 11.3 Å². The largest absolute Gasteiger partial charge is 0.444 e. The van der Waals surface area contributed by atoms with E-state index in [0.29, 0.717) is 54.5 Å². The van der Waals surface area contributed by atoms with Gasteiger partial charge in [0.25, 0.3) is 5.91 Å². The zero-order valence-corrected chi connectivity index (χ0v) is 25.0. The molecule has 13 nitrogen and oxygen atoms in total. The number of halogens is 3. The molecule has 3 N–H and O–H groups in total. The Balaban J connectivity index is 1.22. The number of nitrogens with zero attached hydrogens (tertiary/aromatic N) is 6. The number of aromatic nitrogens is 5. The molecule has 0 unspecified atom stereocenters. The molecule has 0 aliphatic carbocycles. The molecule has 4 heterocycles. The van der Waals surface area contributed by atoms with Crippen molar-refractivity contribution in [2.45, 2.75) is 39.5 Å². The molecule has 0 atom stereocenters. The van der Waals surface area contributed by atoms with Crippen molar-refractivity contribution in [3.05, 3.63) is 59.8 Å². The maximum atomic E-state index is 13.4. The maximum absolute atomic E-state index is 13.4. The number of nitrogens with one attached hydrogen (secondary N) is 3. The SMILES string of the molecule is Cc1cc(Nc2nccn3c(-c4c[nH]nc4C(F)(F)F)cnc23)ccc1C(=O)N1CCN(C(=O)CNC(=O)OC(C)(C)C)CC1. The van der Waals surface area contributed by atoms with Gasteiger partial charge in [0, 0.05) is 56.0 Å². The summed E-state index contributed by atoms with van der Waals surface area (Å²) >= 11 is 0. The number of hydrogen-bond donors (Lipinski definition) is 3. The first-order chi connectivity index (χ1) is 21.2. The molecule has 0 radical (unpaired) electrons. The Kier molecular flexibility index (Phi) is 8.40. The molecule has 238 valence electrons. The molecule has 4 aromatic rings. The zero-order valence-electron chi connectivity index (χ0n) is 25.0. The van der Waals surface area contributed by atoms with Crippen LogP contribution in [0.25, 0.3) is 16.9 Å². The van der Waals surface area contributed by atoms with Crippen molar-refractivity contribution < 1.29 is 32.3 Å². The molecule has 1 saturated heterocycles. The number of ether oxygens (including phenoxy) is 1. The number of fused-ring (bicyclic) bond motifs is 1. The number of imidazole rings is 1. The number of aromatic amines is 1. The second-order valence-electron chi connectivity index (χ2n) is 11.4. The van der Waals surface area contributed by atoms with Gasteiger partial charge in [0.05, 0.1) is 17.5 Å². The average Bonchev–Trinajstić information content (AvgIpc) is 3.63. The molecule has 3 aromatic heterocycles. The third-order valence-corrected chi connectivity index (χ3v) is 7.03. The summed E-state index contributed by atoms with van der Waals surface area (Å²) in [5.41, 5.74) is 0.400. The van der Waals surface area contributed by atoms with Crippen molar-refractivity contribution in [1.29, 1.82) is 0 Å². The minimum Gasteiger partial charge on any atom is -0.444 e. The molecule has 1 fully saturated rings. The molecular formula is C29H32F3N9O4. The van der Waals surface area contributed by atoms with Crippen molar-refractivity contribution in [2.75, 3.05) is 38.0 Å². The van der Waals surface area contributed by atoms with E-state index in [9.17, 15) is 27.6 Å². The van der Waals surface area contributed by atoms with Gasteiger partial charge in [0.15, 0.2) is 17.2 Å². The maximum Gasteiger partial charge on any atom is 0.435 e. The summed E-state index contributed by atoms with van der Waals surface area (Å²) in [7, 11) is 0. The number of aryl methyl sites for hydroxylation is 1. The van der Waals surface area contributed by atoms with Crippen LogP contribution in [-0.2, 0) is 15.7 Å². The van der Waals surface area contributed by atoms with Crippen LogP contribution >= 0.6 is 0 Å². The number of alkyl carbamates (subject to hydrolysis) is 1. The van der Waals surface area contributed by atoms with Gasteiger partial charge in [-0.15, -0.1) is 0 Å². The molecular weight excluding hydrogens is 595 g/mol. The number of H-pyrrole nitrogens is 1. The number of piperazine rings is 1. The first-order valence-corrected chi connectivity index (χ1v) is 14.1. The van der Waals surface area contributed by atoms with Gasteiger partial charge in [0.1, 0.15) is 12.1 Å². The first-order valence-electron chi connectivity index (χ1n) is 14.1. The highest BCUT2D eigenvalue weighted by Gasteiger charge is 2.37. The summed E-state index contributed by atoms with van der Waals surface area (Å²) in [6, 6.07) is 5.15. The average molecular weight is 628 g/mol. The highest BCUT2D eigenvalue weighted by atomic mass is 19.4. The van der Waals surface area contributed by atoms with Crippen molar-refractivity contribution in [3.63, 3.8) is 0 Å². The number of carbonyl (C=O) groups excluding carboxylic acids is 3. The minimum atomic E-state index is -4.64. The number of hydrogen-bond acceptors (Lipinski definition) is 8. The Hall–Kier alpha value is -5.15. The Morgan fingerprint density at radius 2 is 1.76 bits per heavy atom. The third kappa shape index (κ3) is 6.99. The smallest absolute Gasteiger partial charge is 0.435 e. The van der Waals surface area contributed by atoms with Crippen LogP contribution in [-0.4, -0.2) is 90.6 Å². The molecule has 1 aliphatic heterocycles. The lowest BCUT2D eigenvalue weighted by molar-refractivity contribution is -0.140. The highest BCUT2D eigenvalue weighted by molar-refractivity contribution is 5.96. The fourth-order valence-corrected chi connectivity index (χ4v) is 4.93. The summed E-state index contributed by atoms with van der Waals surface area (Å²) in [6.07, 6.45) is 0.121. The zero-order chi connectivity index (χ0) is 32.5. The van der Waals surface area contributed by atoms with Gasteiger partial charge in [0.2, 0.25) is 5.91 Å². The second-order valence-corrected chi connectivity index (χ2v) is 11.4. The quantitative estimate of drug-likeness (QED) is 0.291. The molecule has 1 aromatic carbocycles. The third-order valence-electron chi connectivity index (χ3n) is 7.03. The van der Waals surface area contributed by atoms with Crippen molar-refractivity contribution in [1.82, 2.24) is 39.7 Å². The van der Waals surface area contributed by atoms with Crippen LogP contribution in [0, 0.1) is 6.92 Å². The monoisotopic (exact) mass is 627 g/mol. The van der Waals surface area contributed by atoms with Crippen LogP contribution in [0.5, 0.6) is 0 Å². The normalized spacial score (nSPS) is 14.0. The van der Waals surface area contributed by atoms with Gasteiger partial charge in [-0.25, -0.2) is 14.8 Å². The Morgan fingerprint density at radius 1 is 1.04 bits per heavy atom. The molecule has 0 bridgehead atoms. The highest BCUT2D eigenvalue weighted by Crippen LogP contribution is 2.36. The first kappa shape index (κ1) is 31.3. The van der Waals surface area contributed by atoms with Crippen LogP contribution in [0.4, 0.5) is 29.5 Å². The lowest BCUT2D eigenvalue weighted by Gasteiger charge is -2.35. The molecule has 5 rings (SSSR count). The Morgan fingerprint density at radius 3 is 2.42 bits per heavy atom. The molecule has 0 spiro atoms. The lowest BCUT2D eigenvalue weighted by Crippen LogP contribution is -2.52. The van der Waals surface area contributed by atoms with Crippen LogP contribution in [0.15, 0.2) is 43.0 Å².